The molecule has 5 atom stereocenters. The molecular formula is C30H37ClN2O6. The average Bonchev–Trinajstić information content (AvgIpc) is 3.29. The van der Waals surface area contributed by atoms with E-state index in [0.29, 0.717) is 36.7 Å². The van der Waals surface area contributed by atoms with Crippen molar-refractivity contribution in [3.63, 3.8) is 0 Å². The second-order valence-electron chi connectivity index (χ2n) is 10.9. The second-order valence-corrected chi connectivity index (χ2v) is 11.3. The molecule has 210 valence electrons. The van der Waals surface area contributed by atoms with Gasteiger partial charge in [0.2, 0.25) is 5.91 Å². The smallest absolute Gasteiger partial charge is 0.312 e. The maximum absolute atomic E-state index is 14.5. The van der Waals surface area contributed by atoms with Crippen molar-refractivity contribution >= 4 is 35.1 Å². The van der Waals surface area contributed by atoms with Gasteiger partial charge in [0.05, 0.1) is 29.3 Å². The number of amides is 2. The number of nitrogens with zero attached hydrogens (tertiary/aromatic N) is 2. The summed E-state index contributed by atoms with van der Waals surface area (Å²) in [5.41, 5.74) is 0.168. The van der Waals surface area contributed by atoms with Crippen molar-refractivity contribution in [2.45, 2.75) is 69.6 Å². The minimum Gasteiger partial charge on any atom is -0.465 e. The van der Waals surface area contributed by atoms with Crippen LogP contribution in [0.15, 0.2) is 42.5 Å². The highest BCUT2D eigenvalue weighted by atomic mass is 35.5. The fourth-order valence-electron chi connectivity index (χ4n) is 6.57. The largest absolute Gasteiger partial charge is 0.465 e. The number of carbonyl (C=O) groups is 3. The summed E-state index contributed by atoms with van der Waals surface area (Å²) in [6, 6.07) is 4.56. The van der Waals surface area contributed by atoms with E-state index in [9.17, 15) is 14.4 Å². The summed E-state index contributed by atoms with van der Waals surface area (Å²) in [5.74, 6) is -2.68. The van der Waals surface area contributed by atoms with E-state index >= 15 is 0 Å². The molecule has 1 spiro atoms. The van der Waals surface area contributed by atoms with Gasteiger partial charge < -0.3 is 24.4 Å². The van der Waals surface area contributed by atoms with Crippen molar-refractivity contribution in [2.24, 2.45) is 11.8 Å². The Morgan fingerprint density at radius 2 is 1.90 bits per heavy atom. The van der Waals surface area contributed by atoms with Crippen LogP contribution in [0.25, 0.3) is 0 Å². The van der Waals surface area contributed by atoms with Crippen LogP contribution in [0.3, 0.4) is 0 Å². The Bertz CT molecular complexity index is 1150. The number of allylic oxidation sites excluding steroid dienone is 1. The van der Waals surface area contributed by atoms with E-state index in [-0.39, 0.29) is 25.0 Å². The summed E-state index contributed by atoms with van der Waals surface area (Å²) < 4.78 is 12.3. The number of likely N-dealkylation sites (tertiary alicyclic amines) is 1. The molecule has 1 unspecified atom stereocenters. The fraction of sp³-hybridized carbons (Fsp3) is 0.567. The summed E-state index contributed by atoms with van der Waals surface area (Å²) in [6.45, 7) is 2.95. The molecule has 2 fully saturated rings. The minimum absolute atomic E-state index is 0.123. The van der Waals surface area contributed by atoms with Crippen LogP contribution in [0.1, 0.15) is 50.5 Å². The molecule has 0 aliphatic carbocycles. The van der Waals surface area contributed by atoms with Gasteiger partial charge in [-0.1, -0.05) is 60.9 Å². The lowest BCUT2D eigenvalue weighted by Crippen LogP contribution is -2.55. The summed E-state index contributed by atoms with van der Waals surface area (Å²) in [7, 11) is 0. The molecule has 2 amide bonds. The van der Waals surface area contributed by atoms with Crippen molar-refractivity contribution in [2.75, 3.05) is 31.2 Å². The lowest BCUT2D eigenvalue weighted by molar-refractivity contribution is -0.154. The third-order valence-electron chi connectivity index (χ3n) is 8.37. The Morgan fingerprint density at radius 1 is 1.08 bits per heavy atom. The average molecular weight is 557 g/mol. The molecule has 0 aromatic heterocycles. The highest BCUT2D eigenvalue weighted by molar-refractivity contribution is 6.34. The van der Waals surface area contributed by atoms with E-state index in [0.717, 1.165) is 37.7 Å². The Balaban J connectivity index is 1.56. The van der Waals surface area contributed by atoms with Crippen molar-refractivity contribution in [3.8, 4) is 0 Å². The van der Waals surface area contributed by atoms with Gasteiger partial charge in [-0.15, -0.1) is 0 Å². The standard InChI is InChI=1S/C30H37ClN2O6/c1-20-12-10-13-21(31)25(20)32-17-11-15-30-24(23-22(39-30)14-6-2-5-9-19-38-29(23)37)27(35)33(26(30)28(32)36)16-7-3-4-8-18-34/h6,10-15,22-24,26,34H,2-5,7-9,16-19H2,1H3/b14-6-/t22-,23+,24-,26?,30-/m0/s1. The summed E-state index contributed by atoms with van der Waals surface area (Å²) in [4.78, 5) is 45.3. The number of anilines is 1. The number of esters is 1. The first-order chi connectivity index (χ1) is 18.9. The zero-order chi connectivity index (χ0) is 27.6. The Labute approximate surface area is 234 Å². The van der Waals surface area contributed by atoms with E-state index in [4.69, 9.17) is 26.2 Å². The molecule has 4 aliphatic heterocycles. The van der Waals surface area contributed by atoms with Crippen LogP contribution in [-0.4, -0.2) is 71.8 Å². The quantitative estimate of drug-likeness (QED) is 0.310. The summed E-state index contributed by atoms with van der Waals surface area (Å²) >= 11 is 6.60. The molecule has 0 radical (unpaired) electrons. The van der Waals surface area contributed by atoms with E-state index in [1.54, 1.807) is 15.9 Å². The molecule has 4 heterocycles. The molecule has 9 heteroatoms. The van der Waals surface area contributed by atoms with Crippen LogP contribution in [0, 0.1) is 18.8 Å². The highest BCUT2D eigenvalue weighted by Gasteiger charge is 2.71. The fourth-order valence-corrected chi connectivity index (χ4v) is 6.89. The van der Waals surface area contributed by atoms with Crippen LogP contribution >= 0.6 is 11.6 Å². The topological polar surface area (TPSA) is 96.4 Å². The number of hydrogen-bond acceptors (Lipinski definition) is 6. The lowest BCUT2D eigenvalue weighted by atomic mass is 9.78. The SMILES string of the molecule is Cc1cccc(Cl)c1N1CC=C[C@]23O[C@H]4/C=C\CCCCOC(=O)[C@H]4[C@H]2C(=O)N(CCCCCCO)C3C1=O. The number of fused-ring (bicyclic) bond motifs is 2. The number of carbonyl (C=O) groups excluding carboxylic acids is 3. The van der Waals surface area contributed by atoms with Crippen molar-refractivity contribution < 1.29 is 29.0 Å². The predicted octanol–water partition coefficient (Wildman–Crippen LogP) is 3.97. The number of cyclic esters (lactones) is 1. The first-order valence-corrected chi connectivity index (χ1v) is 14.4. The van der Waals surface area contributed by atoms with Crippen LogP contribution in [-0.2, 0) is 23.9 Å². The Morgan fingerprint density at radius 3 is 2.69 bits per heavy atom. The summed E-state index contributed by atoms with van der Waals surface area (Å²) in [6.07, 6.45) is 12.4. The lowest BCUT2D eigenvalue weighted by Gasteiger charge is -2.36. The van der Waals surface area contributed by atoms with Crippen molar-refractivity contribution in [3.05, 3.63) is 53.1 Å². The molecule has 4 aliphatic rings. The molecule has 0 bridgehead atoms. The molecule has 0 saturated carbocycles. The number of ether oxygens (including phenoxy) is 2. The number of aliphatic hydroxyl groups is 1. The van der Waals surface area contributed by atoms with Gasteiger partial charge >= 0.3 is 5.97 Å². The van der Waals surface area contributed by atoms with Gasteiger partial charge in [-0.05, 0) is 50.7 Å². The van der Waals surface area contributed by atoms with Crippen LogP contribution in [0.2, 0.25) is 5.02 Å². The monoisotopic (exact) mass is 556 g/mol. The molecule has 5 rings (SSSR count). The van der Waals surface area contributed by atoms with E-state index < -0.39 is 35.6 Å². The number of halogens is 1. The van der Waals surface area contributed by atoms with E-state index in [1.807, 2.05) is 43.4 Å². The van der Waals surface area contributed by atoms with Gasteiger partial charge in [0.25, 0.3) is 5.91 Å². The van der Waals surface area contributed by atoms with Gasteiger partial charge in [-0.3, -0.25) is 14.4 Å². The number of rotatable bonds is 7. The Kier molecular flexibility index (Phi) is 8.45. The van der Waals surface area contributed by atoms with Crippen molar-refractivity contribution in [1.82, 2.24) is 4.90 Å². The van der Waals surface area contributed by atoms with Gasteiger partial charge in [0, 0.05) is 19.7 Å². The number of benzene rings is 1. The third-order valence-corrected chi connectivity index (χ3v) is 8.67. The van der Waals surface area contributed by atoms with Crippen LogP contribution in [0.4, 0.5) is 5.69 Å². The number of hydrogen-bond donors (Lipinski definition) is 1. The van der Waals surface area contributed by atoms with E-state index in [1.165, 1.54) is 0 Å². The maximum Gasteiger partial charge on any atom is 0.312 e. The number of aliphatic hydroxyl groups excluding tert-OH is 1. The first-order valence-electron chi connectivity index (χ1n) is 14.1. The van der Waals surface area contributed by atoms with E-state index in [2.05, 4.69) is 0 Å². The molecule has 1 aromatic carbocycles. The molecule has 1 aromatic rings. The normalized spacial score (nSPS) is 31.4. The van der Waals surface area contributed by atoms with Gasteiger partial charge in [0.15, 0.2) is 0 Å². The molecule has 1 N–H and O–H groups in total. The maximum atomic E-state index is 14.5. The van der Waals surface area contributed by atoms with Gasteiger partial charge in [-0.25, -0.2) is 0 Å². The number of para-hydroxylation sites is 1. The molecule has 2 saturated heterocycles. The molecule has 39 heavy (non-hydrogen) atoms. The minimum atomic E-state index is -1.30. The second kappa shape index (κ2) is 11.8. The van der Waals surface area contributed by atoms with Crippen LogP contribution in [0.5, 0.6) is 0 Å². The zero-order valence-corrected chi connectivity index (χ0v) is 23.1. The molecular weight excluding hydrogens is 520 g/mol. The zero-order valence-electron chi connectivity index (χ0n) is 22.4. The third kappa shape index (κ3) is 5.03. The Hall–Kier alpha value is -2.68. The van der Waals surface area contributed by atoms with Crippen molar-refractivity contribution in [1.29, 1.82) is 0 Å². The highest BCUT2D eigenvalue weighted by Crippen LogP contribution is 2.53. The van der Waals surface area contributed by atoms with Crippen LogP contribution < -0.4 is 4.90 Å². The first kappa shape index (κ1) is 27.9. The predicted molar refractivity (Wildman–Crippen MR) is 147 cm³/mol. The van der Waals surface area contributed by atoms with Gasteiger partial charge in [0.1, 0.15) is 17.6 Å². The number of unbranched alkanes of at least 4 members (excludes halogenated alkanes) is 3. The summed E-state index contributed by atoms with van der Waals surface area (Å²) in [5, 5.41) is 9.60. The number of aryl methyl sites for hydroxylation is 1. The molecule has 8 nitrogen and oxygen atoms in total. The van der Waals surface area contributed by atoms with Gasteiger partial charge in [-0.2, -0.15) is 0 Å².